The van der Waals surface area contributed by atoms with Gasteiger partial charge in [0.2, 0.25) is 17.8 Å². The average molecular weight is 539 g/mol. The Morgan fingerprint density at radius 2 is 1.32 bits per heavy atom. The van der Waals surface area contributed by atoms with E-state index in [1.54, 1.807) is 18.5 Å². The Labute approximate surface area is 224 Å². The summed E-state index contributed by atoms with van der Waals surface area (Å²) in [5.74, 6) is 0.665. The highest BCUT2D eigenvalue weighted by molar-refractivity contribution is 7.13. The van der Waals surface area contributed by atoms with Crippen molar-refractivity contribution in [1.29, 1.82) is 0 Å². The lowest BCUT2D eigenvalue weighted by molar-refractivity contribution is -0.121. The fourth-order valence-electron chi connectivity index (χ4n) is 3.51. The van der Waals surface area contributed by atoms with Crippen molar-refractivity contribution in [2.45, 2.75) is 0 Å². The highest BCUT2D eigenvalue weighted by atomic mass is 32.1. The number of aromatic nitrogens is 5. The molecule has 0 unspecified atom stereocenters. The van der Waals surface area contributed by atoms with Crippen molar-refractivity contribution in [3.63, 3.8) is 0 Å². The largest absolute Gasteiger partial charge is 0.300 e. The summed E-state index contributed by atoms with van der Waals surface area (Å²) in [7, 11) is 0. The molecule has 5 aromatic rings. The van der Waals surface area contributed by atoms with E-state index in [-0.39, 0.29) is 29.4 Å². The van der Waals surface area contributed by atoms with Gasteiger partial charge in [0.1, 0.15) is 5.70 Å². The molecule has 0 radical (unpaired) electrons. The quantitative estimate of drug-likeness (QED) is 0.235. The second-order valence-electron chi connectivity index (χ2n) is 7.72. The third kappa shape index (κ3) is 5.23. The fraction of sp³-hybridized carbons (Fsp3) is 0. The Morgan fingerprint density at radius 3 is 1.89 bits per heavy atom. The lowest BCUT2D eigenvalue weighted by Crippen LogP contribution is -2.38. The van der Waals surface area contributed by atoms with E-state index in [1.807, 2.05) is 71.4 Å². The molecule has 38 heavy (non-hydrogen) atoms. The molecule has 13 heteroatoms. The Kier molecular flexibility index (Phi) is 6.49. The number of benzene rings is 2. The Hall–Kier alpha value is -5.01. The lowest BCUT2D eigenvalue weighted by Gasteiger charge is -2.19. The van der Waals surface area contributed by atoms with Gasteiger partial charge >= 0.3 is 0 Å². The molecular formula is C25H18N10OS2. The van der Waals surface area contributed by atoms with E-state index in [9.17, 15) is 4.79 Å². The Bertz CT molecular complexity index is 1550. The molecule has 0 fully saturated rings. The highest BCUT2D eigenvalue weighted by Gasteiger charge is 2.32. The maximum absolute atomic E-state index is 13.5. The van der Waals surface area contributed by atoms with Crippen molar-refractivity contribution >= 4 is 68.6 Å². The number of hydrogen-bond donors (Lipinski definition) is 3. The number of aliphatic imine (C=N–C) groups is 1. The predicted molar refractivity (Wildman–Crippen MR) is 148 cm³/mol. The van der Waals surface area contributed by atoms with Crippen molar-refractivity contribution in [3.05, 3.63) is 101 Å². The molecule has 1 aliphatic heterocycles. The Morgan fingerprint density at radius 1 is 0.737 bits per heavy atom. The molecule has 4 heterocycles. The summed E-state index contributed by atoms with van der Waals surface area (Å²) in [6.45, 7) is 0. The summed E-state index contributed by atoms with van der Waals surface area (Å²) >= 11 is 2.80. The van der Waals surface area contributed by atoms with Crippen LogP contribution in [0.5, 0.6) is 0 Å². The summed E-state index contributed by atoms with van der Waals surface area (Å²) < 4.78 is 0. The minimum absolute atomic E-state index is 0.121. The van der Waals surface area contributed by atoms with Gasteiger partial charge in [0.05, 0.1) is 0 Å². The molecule has 0 aliphatic carbocycles. The standard InChI is InChI=1S/C25H18N10OS2/c36-20-18(15-16-7-3-1-4-8-16)28-19(17-9-5-2-6-10-17)35(20)34-23-30-21(32-24-26-11-13-37-24)29-22(31-23)33-25-27-12-14-38-25/h1-15H,(H3,26,27,29,30,31,32,33,34). The zero-order valence-electron chi connectivity index (χ0n) is 19.5. The third-order valence-electron chi connectivity index (χ3n) is 5.14. The summed E-state index contributed by atoms with van der Waals surface area (Å²) in [4.78, 5) is 40.0. The van der Waals surface area contributed by atoms with E-state index in [4.69, 9.17) is 0 Å². The van der Waals surface area contributed by atoms with E-state index in [1.165, 1.54) is 27.7 Å². The van der Waals surface area contributed by atoms with Crippen LogP contribution in [0.15, 0.2) is 94.5 Å². The minimum atomic E-state index is -0.350. The van der Waals surface area contributed by atoms with Gasteiger partial charge in [0.15, 0.2) is 16.1 Å². The maximum Gasteiger partial charge on any atom is 0.297 e. The molecule has 3 N–H and O–H groups in total. The first-order chi connectivity index (χ1) is 18.7. The second-order valence-corrected chi connectivity index (χ2v) is 9.51. The first-order valence-corrected chi connectivity index (χ1v) is 13.1. The van der Waals surface area contributed by atoms with Gasteiger partial charge < -0.3 is 0 Å². The molecule has 11 nitrogen and oxygen atoms in total. The van der Waals surface area contributed by atoms with Crippen LogP contribution in [0.4, 0.5) is 28.1 Å². The van der Waals surface area contributed by atoms with E-state index in [0.29, 0.717) is 16.1 Å². The number of nitrogens with zero attached hydrogens (tertiary/aromatic N) is 7. The minimum Gasteiger partial charge on any atom is -0.300 e. The van der Waals surface area contributed by atoms with Gasteiger partial charge in [-0.2, -0.15) is 20.0 Å². The molecule has 186 valence electrons. The van der Waals surface area contributed by atoms with Gasteiger partial charge in [-0.25, -0.2) is 15.0 Å². The number of amidine groups is 1. The molecular weight excluding hydrogens is 520 g/mol. The number of anilines is 5. The Balaban J connectivity index is 1.36. The number of amides is 1. The van der Waals surface area contributed by atoms with E-state index < -0.39 is 0 Å². The summed E-state index contributed by atoms with van der Waals surface area (Å²) in [5.41, 5.74) is 4.92. The third-order valence-corrected chi connectivity index (χ3v) is 6.52. The van der Waals surface area contributed by atoms with Crippen LogP contribution in [0, 0.1) is 0 Å². The van der Waals surface area contributed by atoms with Gasteiger partial charge in [0, 0.05) is 28.7 Å². The van der Waals surface area contributed by atoms with Crippen LogP contribution in [-0.2, 0) is 4.79 Å². The van der Waals surface area contributed by atoms with Gasteiger partial charge in [0.25, 0.3) is 5.91 Å². The number of rotatable bonds is 8. The number of hydrogen-bond acceptors (Lipinski definition) is 12. The number of carbonyl (C=O) groups is 1. The molecule has 0 spiro atoms. The summed E-state index contributed by atoms with van der Waals surface area (Å²) in [6, 6.07) is 19.0. The first kappa shape index (κ1) is 23.4. The van der Waals surface area contributed by atoms with Crippen LogP contribution >= 0.6 is 22.7 Å². The molecule has 0 saturated heterocycles. The molecule has 1 aliphatic rings. The second kappa shape index (κ2) is 10.5. The molecule has 0 atom stereocenters. The van der Waals surface area contributed by atoms with Crippen molar-refractivity contribution in [2.24, 2.45) is 4.99 Å². The summed E-state index contributed by atoms with van der Waals surface area (Å²) in [5, 5.41) is 12.4. The van der Waals surface area contributed by atoms with E-state index in [0.717, 1.165) is 11.1 Å². The van der Waals surface area contributed by atoms with E-state index >= 15 is 0 Å². The van der Waals surface area contributed by atoms with Crippen molar-refractivity contribution in [3.8, 4) is 0 Å². The van der Waals surface area contributed by atoms with Crippen LogP contribution < -0.4 is 16.1 Å². The monoisotopic (exact) mass is 538 g/mol. The maximum atomic E-state index is 13.5. The molecule has 1 amide bonds. The summed E-state index contributed by atoms with van der Waals surface area (Å²) in [6.07, 6.45) is 5.09. The average Bonchev–Trinajstić information content (AvgIpc) is 3.70. The zero-order chi connectivity index (χ0) is 25.7. The van der Waals surface area contributed by atoms with Crippen LogP contribution in [0.2, 0.25) is 0 Å². The van der Waals surface area contributed by atoms with Crippen molar-refractivity contribution in [1.82, 2.24) is 29.9 Å². The normalized spacial score (nSPS) is 14.0. The molecule has 0 bridgehead atoms. The fourth-order valence-corrected chi connectivity index (χ4v) is 4.55. The number of nitrogens with one attached hydrogen (secondary N) is 3. The van der Waals surface area contributed by atoms with Gasteiger partial charge in [-0.1, -0.05) is 60.7 Å². The topological polar surface area (TPSA) is 133 Å². The molecule has 0 saturated carbocycles. The van der Waals surface area contributed by atoms with Crippen molar-refractivity contribution in [2.75, 3.05) is 16.1 Å². The number of thiazole rings is 2. The van der Waals surface area contributed by atoms with Crippen LogP contribution in [0.1, 0.15) is 11.1 Å². The van der Waals surface area contributed by atoms with Crippen molar-refractivity contribution < 1.29 is 4.79 Å². The number of hydrazine groups is 1. The van der Waals surface area contributed by atoms with Gasteiger partial charge in [-0.3, -0.25) is 20.9 Å². The van der Waals surface area contributed by atoms with Gasteiger partial charge in [-0.05, 0) is 11.6 Å². The first-order valence-electron chi connectivity index (χ1n) is 11.3. The predicted octanol–water partition coefficient (Wildman–Crippen LogP) is 4.93. The van der Waals surface area contributed by atoms with Gasteiger partial charge in [-0.15, -0.1) is 22.7 Å². The van der Waals surface area contributed by atoms with Crippen LogP contribution in [0.3, 0.4) is 0 Å². The highest BCUT2D eigenvalue weighted by Crippen LogP contribution is 2.25. The lowest BCUT2D eigenvalue weighted by atomic mass is 10.2. The SMILES string of the molecule is O=C1C(=Cc2ccccc2)N=C(c2ccccc2)N1Nc1nc(Nc2nccs2)nc(Nc2nccs2)n1. The zero-order valence-corrected chi connectivity index (χ0v) is 21.1. The smallest absolute Gasteiger partial charge is 0.297 e. The van der Waals surface area contributed by atoms with E-state index in [2.05, 4.69) is 46.0 Å². The number of carbonyl (C=O) groups excluding carboxylic acids is 1. The molecule has 2 aromatic carbocycles. The van der Waals surface area contributed by atoms with Crippen LogP contribution in [-0.4, -0.2) is 41.7 Å². The molecule has 3 aromatic heterocycles. The van der Waals surface area contributed by atoms with Crippen LogP contribution in [0.25, 0.3) is 6.08 Å². The molecule has 6 rings (SSSR count).